The van der Waals surface area contributed by atoms with E-state index in [1.807, 2.05) is 5.10 Å². The maximum Gasteiger partial charge on any atom is 0.451 e. The zero-order valence-corrected chi connectivity index (χ0v) is 14.9. The lowest BCUT2D eigenvalue weighted by molar-refractivity contribution is -0.144. The van der Waals surface area contributed by atoms with Gasteiger partial charge in [0.2, 0.25) is 11.6 Å². The Bertz CT molecular complexity index is 1170. The molecule has 148 valence electrons. The van der Waals surface area contributed by atoms with Crippen LogP contribution in [0.4, 0.5) is 17.6 Å². The minimum absolute atomic E-state index is 0.119. The number of benzene rings is 1. The van der Waals surface area contributed by atoms with E-state index < -0.39 is 17.8 Å². The highest BCUT2D eigenvalue weighted by Crippen LogP contribution is 2.27. The largest absolute Gasteiger partial charge is 0.451 e. The number of hydrogen-bond donors (Lipinski definition) is 1. The highest BCUT2D eigenvalue weighted by molar-refractivity contribution is 5.55. The summed E-state index contributed by atoms with van der Waals surface area (Å²) in [4.78, 5) is 11.9. The van der Waals surface area contributed by atoms with E-state index in [9.17, 15) is 17.6 Å². The van der Waals surface area contributed by atoms with Crippen molar-refractivity contribution in [3.63, 3.8) is 0 Å². The Kier molecular flexibility index (Phi) is 5.54. The number of nitrogens with zero attached hydrogens (tertiary/aromatic N) is 6. The third-order valence-corrected chi connectivity index (χ3v) is 3.74. The van der Waals surface area contributed by atoms with Gasteiger partial charge >= 0.3 is 6.18 Å². The Morgan fingerprint density at radius 3 is 2.59 bits per heavy atom. The van der Waals surface area contributed by atoms with Gasteiger partial charge < -0.3 is 4.40 Å². The van der Waals surface area contributed by atoms with Gasteiger partial charge in [-0.15, -0.1) is 0 Å². The first-order valence-corrected chi connectivity index (χ1v) is 8.20. The average molecular weight is 403 g/mol. The van der Waals surface area contributed by atoms with Crippen LogP contribution in [-0.2, 0) is 12.6 Å². The molecule has 4 rings (SSSR count). The molecule has 0 saturated heterocycles. The maximum absolute atomic E-state index is 13.9. The zero-order chi connectivity index (χ0) is 21.0. The molecule has 11 heteroatoms. The number of imidazole rings is 1. The second kappa shape index (κ2) is 8.05. The van der Waals surface area contributed by atoms with Gasteiger partial charge in [0.05, 0.1) is 11.8 Å². The van der Waals surface area contributed by atoms with Crippen molar-refractivity contribution < 1.29 is 17.6 Å². The van der Waals surface area contributed by atoms with Crippen LogP contribution in [-0.4, -0.2) is 29.5 Å². The van der Waals surface area contributed by atoms with Crippen LogP contribution in [0.2, 0.25) is 0 Å². The Morgan fingerprint density at radius 2 is 1.93 bits per heavy atom. The molecule has 0 aliphatic heterocycles. The molecule has 0 radical (unpaired) electrons. The van der Waals surface area contributed by atoms with Crippen LogP contribution in [0.25, 0.3) is 17.2 Å². The van der Waals surface area contributed by atoms with Gasteiger partial charge in [0, 0.05) is 31.9 Å². The molecule has 0 unspecified atom stereocenters. The van der Waals surface area contributed by atoms with E-state index in [0.29, 0.717) is 16.9 Å². The number of aromatic nitrogens is 6. The summed E-state index contributed by atoms with van der Waals surface area (Å²) in [6, 6.07) is 7.94. The van der Waals surface area contributed by atoms with Gasteiger partial charge in [-0.25, -0.2) is 19.3 Å². The standard InChI is InChI=1S/C16H10F4N6.C2H3N/c17-10-4-2-1-3-9(10)7-11-14-21-5-6-26(14)8-12(22-11)13-23-15(25-24-13)16(18,19)20;1-2-3/h1-6,8H,7H2,(H,23,24,25);1H3. The Morgan fingerprint density at radius 1 is 1.21 bits per heavy atom. The number of nitriles is 1. The van der Waals surface area contributed by atoms with Gasteiger partial charge in [0.15, 0.2) is 5.65 Å². The van der Waals surface area contributed by atoms with Gasteiger partial charge in [-0.2, -0.15) is 23.5 Å². The molecule has 7 nitrogen and oxygen atoms in total. The van der Waals surface area contributed by atoms with Crippen LogP contribution in [0.3, 0.4) is 0 Å². The molecular formula is C18H13F4N7. The topological polar surface area (TPSA) is 95.5 Å². The highest BCUT2D eigenvalue weighted by atomic mass is 19.4. The number of nitrogens with one attached hydrogen (secondary N) is 1. The molecule has 1 N–H and O–H groups in total. The normalized spacial score (nSPS) is 11.0. The highest BCUT2D eigenvalue weighted by Gasteiger charge is 2.35. The van der Waals surface area contributed by atoms with Crippen LogP contribution in [0, 0.1) is 17.1 Å². The lowest BCUT2D eigenvalue weighted by Gasteiger charge is -2.07. The van der Waals surface area contributed by atoms with Crippen LogP contribution >= 0.6 is 0 Å². The SMILES string of the molecule is CC#N.Fc1ccccc1Cc1nc(-c2n[nH]c(C(F)(F)F)n2)cn2ccnc12. The molecular weight excluding hydrogens is 390 g/mol. The van der Waals surface area contributed by atoms with Gasteiger partial charge in [0.25, 0.3) is 0 Å². The van der Waals surface area contributed by atoms with E-state index in [1.54, 1.807) is 34.9 Å². The quantitative estimate of drug-likeness (QED) is 0.525. The zero-order valence-electron chi connectivity index (χ0n) is 14.9. The van der Waals surface area contributed by atoms with Crippen molar-refractivity contribution in [1.29, 1.82) is 5.26 Å². The molecule has 4 aromatic rings. The first-order chi connectivity index (χ1) is 13.8. The molecule has 1 aromatic carbocycles. The third-order valence-electron chi connectivity index (χ3n) is 3.74. The van der Waals surface area contributed by atoms with Crippen molar-refractivity contribution in [3.05, 3.63) is 65.8 Å². The summed E-state index contributed by atoms with van der Waals surface area (Å²) in [5.41, 5.74) is 1.39. The minimum atomic E-state index is -4.64. The minimum Gasteiger partial charge on any atom is -0.303 e. The van der Waals surface area contributed by atoms with Gasteiger partial charge in [-0.05, 0) is 11.6 Å². The fraction of sp³-hybridized carbons (Fsp3) is 0.167. The molecule has 0 saturated carbocycles. The van der Waals surface area contributed by atoms with Gasteiger partial charge in [-0.1, -0.05) is 18.2 Å². The predicted octanol–water partition coefficient (Wildman–Crippen LogP) is 3.79. The van der Waals surface area contributed by atoms with Crippen LogP contribution in [0.1, 0.15) is 24.0 Å². The van der Waals surface area contributed by atoms with Crippen LogP contribution in [0.15, 0.2) is 42.9 Å². The molecule has 3 heterocycles. The van der Waals surface area contributed by atoms with E-state index in [-0.39, 0.29) is 17.9 Å². The monoisotopic (exact) mass is 403 g/mol. The number of aromatic amines is 1. The van der Waals surface area contributed by atoms with E-state index in [0.717, 1.165) is 0 Å². The molecule has 0 amide bonds. The summed E-state index contributed by atoms with van der Waals surface area (Å²) in [7, 11) is 0. The molecule has 3 aromatic heterocycles. The maximum atomic E-state index is 13.9. The van der Waals surface area contributed by atoms with Crippen molar-refractivity contribution in [1.82, 2.24) is 29.5 Å². The number of fused-ring (bicyclic) bond motifs is 1. The smallest absolute Gasteiger partial charge is 0.303 e. The molecule has 29 heavy (non-hydrogen) atoms. The summed E-state index contributed by atoms with van der Waals surface area (Å²) in [6.45, 7) is 1.43. The second-order valence-corrected chi connectivity index (χ2v) is 5.73. The van der Waals surface area contributed by atoms with Crippen molar-refractivity contribution >= 4 is 5.65 Å². The summed E-state index contributed by atoms with van der Waals surface area (Å²) in [5, 5.41) is 12.8. The fourth-order valence-corrected chi connectivity index (χ4v) is 2.55. The van der Waals surface area contributed by atoms with Gasteiger partial charge in [0.1, 0.15) is 11.5 Å². The van der Waals surface area contributed by atoms with Crippen molar-refractivity contribution in [2.75, 3.05) is 0 Å². The Balaban J connectivity index is 0.000000755. The van der Waals surface area contributed by atoms with E-state index in [1.165, 1.54) is 25.4 Å². The molecule has 0 fully saturated rings. The van der Waals surface area contributed by atoms with Crippen LogP contribution in [0.5, 0.6) is 0 Å². The first kappa shape index (κ1) is 19.9. The number of alkyl halides is 3. The number of rotatable bonds is 3. The van der Waals surface area contributed by atoms with E-state index in [2.05, 4.69) is 20.1 Å². The number of hydrogen-bond acceptors (Lipinski definition) is 5. The van der Waals surface area contributed by atoms with Gasteiger partial charge in [-0.3, -0.25) is 5.10 Å². The summed E-state index contributed by atoms with van der Waals surface area (Å²) < 4.78 is 53.7. The second-order valence-electron chi connectivity index (χ2n) is 5.73. The molecule has 0 aliphatic rings. The predicted molar refractivity (Wildman–Crippen MR) is 93.9 cm³/mol. The van der Waals surface area contributed by atoms with Crippen molar-refractivity contribution in [2.45, 2.75) is 19.5 Å². The van der Waals surface area contributed by atoms with E-state index >= 15 is 0 Å². The fourth-order valence-electron chi connectivity index (χ4n) is 2.55. The van der Waals surface area contributed by atoms with Crippen LogP contribution < -0.4 is 0 Å². The summed E-state index contributed by atoms with van der Waals surface area (Å²) in [6.07, 6.45) is 0.0852. The number of H-pyrrole nitrogens is 1. The number of halogens is 4. The summed E-state index contributed by atoms with van der Waals surface area (Å²) >= 11 is 0. The van der Waals surface area contributed by atoms with E-state index in [4.69, 9.17) is 5.26 Å². The Labute approximate surface area is 161 Å². The lowest BCUT2D eigenvalue weighted by Crippen LogP contribution is -2.07. The molecule has 0 bridgehead atoms. The first-order valence-electron chi connectivity index (χ1n) is 8.20. The molecule has 0 aliphatic carbocycles. The van der Waals surface area contributed by atoms with Crippen molar-refractivity contribution in [3.8, 4) is 17.6 Å². The average Bonchev–Trinajstić information content (AvgIpc) is 3.33. The summed E-state index contributed by atoms with van der Waals surface area (Å²) in [5.74, 6) is -1.82. The lowest BCUT2D eigenvalue weighted by atomic mass is 10.1. The van der Waals surface area contributed by atoms with Crippen molar-refractivity contribution in [2.24, 2.45) is 0 Å². The molecule has 0 atom stereocenters. The Hall–Kier alpha value is -3.81. The third kappa shape index (κ3) is 4.37. The molecule has 0 spiro atoms.